The van der Waals surface area contributed by atoms with Gasteiger partial charge in [0.25, 0.3) is 0 Å². The van der Waals surface area contributed by atoms with Crippen molar-refractivity contribution in [2.45, 2.75) is 77.8 Å². The molecule has 2 fully saturated rings. The third-order valence-electron chi connectivity index (χ3n) is 6.88. The summed E-state index contributed by atoms with van der Waals surface area (Å²) in [6.45, 7) is 9.37. The Labute approximate surface area is 178 Å². The van der Waals surface area contributed by atoms with E-state index in [0.717, 1.165) is 62.7 Å². The van der Waals surface area contributed by atoms with Crippen molar-refractivity contribution in [1.82, 2.24) is 29.7 Å². The van der Waals surface area contributed by atoms with Crippen molar-refractivity contribution < 1.29 is 9.32 Å². The molecular weight excluding hydrogens is 380 g/mol. The van der Waals surface area contributed by atoms with E-state index in [0.29, 0.717) is 18.9 Å². The van der Waals surface area contributed by atoms with Crippen LogP contribution in [-0.2, 0) is 24.8 Å². The second kappa shape index (κ2) is 8.88. The zero-order valence-electron chi connectivity index (χ0n) is 18.7. The molecule has 1 unspecified atom stereocenters. The molecule has 1 amide bonds. The molecule has 1 aliphatic heterocycles. The van der Waals surface area contributed by atoms with Gasteiger partial charge < -0.3 is 9.42 Å². The minimum Gasteiger partial charge on any atom is -0.339 e. The fourth-order valence-electron chi connectivity index (χ4n) is 4.71. The Morgan fingerprint density at radius 2 is 2.03 bits per heavy atom. The second-order valence-electron chi connectivity index (χ2n) is 8.94. The van der Waals surface area contributed by atoms with Crippen LogP contribution in [0.2, 0.25) is 0 Å². The molecular formula is C22H34N6O2. The molecule has 8 nitrogen and oxygen atoms in total. The number of hydrogen-bond acceptors (Lipinski definition) is 6. The Morgan fingerprint density at radius 3 is 2.67 bits per heavy atom. The van der Waals surface area contributed by atoms with Gasteiger partial charge in [0.1, 0.15) is 0 Å². The number of aromatic nitrogens is 4. The van der Waals surface area contributed by atoms with Gasteiger partial charge in [-0.05, 0) is 46.1 Å². The maximum Gasteiger partial charge on any atom is 0.229 e. The summed E-state index contributed by atoms with van der Waals surface area (Å²) in [5.41, 5.74) is 3.63. The van der Waals surface area contributed by atoms with E-state index in [2.05, 4.69) is 34.0 Å². The van der Waals surface area contributed by atoms with E-state index in [1.54, 1.807) is 6.92 Å². The van der Waals surface area contributed by atoms with Gasteiger partial charge in [0.15, 0.2) is 5.82 Å². The van der Waals surface area contributed by atoms with Crippen molar-refractivity contribution in [3.05, 3.63) is 28.7 Å². The van der Waals surface area contributed by atoms with Crippen molar-refractivity contribution in [3.8, 4) is 0 Å². The summed E-state index contributed by atoms with van der Waals surface area (Å²) in [6.07, 6.45) is 6.33. The zero-order chi connectivity index (χ0) is 21.3. The van der Waals surface area contributed by atoms with E-state index >= 15 is 0 Å². The van der Waals surface area contributed by atoms with Crippen LogP contribution in [0.25, 0.3) is 0 Å². The Bertz CT molecular complexity index is 884. The highest BCUT2D eigenvalue weighted by Crippen LogP contribution is 2.35. The van der Waals surface area contributed by atoms with Crippen molar-refractivity contribution in [2.24, 2.45) is 7.05 Å². The minimum atomic E-state index is 0.123. The number of carbonyl (C=O) groups excluding carboxylic acids is 1. The summed E-state index contributed by atoms with van der Waals surface area (Å²) < 4.78 is 7.39. The van der Waals surface area contributed by atoms with Crippen LogP contribution in [-0.4, -0.2) is 61.3 Å². The topological polar surface area (TPSA) is 80.3 Å². The minimum absolute atomic E-state index is 0.123. The Balaban J connectivity index is 1.37. The first-order valence-corrected chi connectivity index (χ1v) is 11.2. The molecule has 1 saturated carbocycles. The number of likely N-dealkylation sites (tertiary alicyclic amines) is 1. The van der Waals surface area contributed by atoms with Crippen molar-refractivity contribution in [1.29, 1.82) is 0 Å². The van der Waals surface area contributed by atoms with Gasteiger partial charge in [0, 0.05) is 63.2 Å². The summed E-state index contributed by atoms with van der Waals surface area (Å²) >= 11 is 0. The van der Waals surface area contributed by atoms with Gasteiger partial charge in [0.2, 0.25) is 11.8 Å². The quantitative estimate of drug-likeness (QED) is 0.693. The number of aryl methyl sites for hydroxylation is 2. The van der Waals surface area contributed by atoms with Crippen LogP contribution in [0.5, 0.6) is 0 Å². The molecule has 164 valence electrons. The lowest BCUT2D eigenvalue weighted by Gasteiger charge is -2.39. The number of nitrogens with zero attached hydrogens (tertiary/aromatic N) is 6. The van der Waals surface area contributed by atoms with Crippen LogP contribution in [0.4, 0.5) is 0 Å². The average Bonchev–Trinajstić information content (AvgIpc) is 3.21. The van der Waals surface area contributed by atoms with Crippen LogP contribution >= 0.6 is 0 Å². The van der Waals surface area contributed by atoms with Gasteiger partial charge in [-0.2, -0.15) is 10.1 Å². The first kappa shape index (κ1) is 21.0. The maximum absolute atomic E-state index is 12.4. The predicted molar refractivity (Wildman–Crippen MR) is 113 cm³/mol. The third-order valence-corrected chi connectivity index (χ3v) is 6.88. The Hall–Kier alpha value is -2.22. The highest BCUT2D eigenvalue weighted by atomic mass is 16.5. The molecule has 1 aliphatic carbocycles. The highest BCUT2D eigenvalue weighted by Gasteiger charge is 2.29. The standard InChI is InChI=1S/C22H34N6O2/c1-15-20(16(2)26(4)24-15)14-27-11-6-9-19(13-27)28(17(3)29)12-10-21-23-22(30-25-21)18-7-5-8-18/h18-19H,5-14H2,1-4H3. The van der Waals surface area contributed by atoms with E-state index < -0.39 is 0 Å². The van der Waals surface area contributed by atoms with E-state index in [1.807, 2.05) is 16.6 Å². The van der Waals surface area contributed by atoms with Crippen LogP contribution in [0.1, 0.15) is 73.6 Å². The van der Waals surface area contributed by atoms with Gasteiger partial charge in [-0.15, -0.1) is 0 Å². The molecule has 0 N–H and O–H groups in total. The molecule has 1 saturated heterocycles. The molecule has 2 aromatic heterocycles. The molecule has 3 heterocycles. The molecule has 8 heteroatoms. The summed E-state index contributed by atoms with van der Waals surface area (Å²) in [7, 11) is 2.00. The largest absolute Gasteiger partial charge is 0.339 e. The Morgan fingerprint density at radius 1 is 1.23 bits per heavy atom. The van der Waals surface area contributed by atoms with E-state index in [-0.39, 0.29) is 11.9 Å². The molecule has 1 atom stereocenters. The molecule has 0 spiro atoms. The molecule has 4 rings (SSSR count). The number of amides is 1. The van der Waals surface area contributed by atoms with Crippen molar-refractivity contribution in [3.63, 3.8) is 0 Å². The maximum atomic E-state index is 12.4. The monoisotopic (exact) mass is 414 g/mol. The molecule has 2 aromatic rings. The number of piperidine rings is 1. The summed E-state index contributed by atoms with van der Waals surface area (Å²) in [6, 6.07) is 0.228. The van der Waals surface area contributed by atoms with Crippen LogP contribution in [0, 0.1) is 13.8 Å². The third kappa shape index (κ3) is 4.43. The lowest BCUT2D eigenvalue weighted by molar-refractivity contribution is -0.132. The average molecular weight is 415 g/mol. The number of carbonyl (C=O) groups is 1. The van der Waals surface area contributed by atoms with E-state index in [1.165, 1.54) is 17.7 Å². The first-order valence-electron chi connectivity index (χ1n) is 11.2. The molecule has 2 aliphatic rings. The van der Waals surface area contributed by atoms with Crippen LogP contribution in [0.3, 0.4) is 0 Å². The normalized spacial score (nSPS) is 20.3. The van der Waals surface area contributed by atoms with Gasteiger partial charge >= 0.3 is 0 Å². The predicted octanol–water partition coefficient (Wildman–Crippen LogP) is 2.74. The highest BCUT2D eigenvalue weighted by molar-refractivity contribution is 5.73. The molecule has 0 aromatic carbocycles. The van der Waals surface area contributed by atoms with Crippen molar-refractivity contribution in [2.75, 3.05) is 19.6 Å². The summed E-state index contributed by atoms with van der Waals surface area (Å²) in [4.78, 5) is 21.5. The van der Waals surface area contributed by atoms with Crippen molar-refractivity contribution >= 4 is 5.91 Å². The Kier molecular flexibility index (Phi) is 6.22. The van der Waals surface area contributed by atoms with E-state index in [9.17, 15) is 4.79 Å². The lowest BCUT2D eigenvalue weighted by atomic mass is 9.85. The van der Waals surface area contributed by atoms with Gasteiger partial charge in [-0.25, -0.2) is 0 Å². The fourth-order valence-corrected chi connectivity index (χ4v) is 4.71. The van der Waals surface area contributed by atoms with Crippen LogP contribution < -0.4 is 0 Å². The van der Waals surface area contributed by atoms with E-state index in [4.69, 9.17) is 4.52 Å². The smallest absolute Gasteiger partial charge is 0.229 e. The summed E-state index contributed by atoms with van der Waals surface area (Å²) in [5, 5.41) is 8.69. The molecule has 0 radical (unpaired) electrons. The zero-order valence-corrected chi connectivity index (χ0v) is 18.7. The second-order valence-corrected chi connectivity index (χ2v) is 8.94. The number of rotatable bonds is 7. The SMILES string of the molecule is CC(=O)N(CCc1noc(C2CCC2)n1)C1CCCN(Cc2c(C)nn(C)c2C)C1. The molecule has 30 heavy (non-hydrogen) atoms. The fraction of sp³-hybridized carbons (Fsp3) is 0.727. The van der Waals surface area contributed by atoms with Gasteiger partial charge in [0.05, 0.1) is 5.69 Å². The number of hydrogen-bond donors (Lipinski definition) is 0. The van der Waals surface area contributed by atoms with Gasteiger partial charge in [-0.1, -0.05) is 11.6 Å². The lowest BCUT2D eigenvalue weighted by Crippen LogP contribution is -2.50. The molecule has 0 bridgehead atoms. The first-order chi connectivity index (χ1) is 14.4. The van der Waals surface area contributed by atoms with Crippen LogP contribution in [0.15, 0.2) is 4.52 Å². The summed E-state index contributed by atoms with van der Waals surface area (Å²) in [5.74, 6) is 2.06. The van der Waals surface area contributed by atoms with Gasteiger partial charge in [-0.3, -0.25) is 14.4 Å².